The number of nitrogens with one attached hydrogen (secondary N) is 1. The van der Waals surface area contributed by atoms with Crippen LogP contribution in [0.3, 0.4) is 0 Å². The summed E-state index contributed by atoms with van der Waals surface area (Å²) < 4.78 is 1.73. The molecule has 0 unspecified atom stereocenters. The molecule has 0 aliphatic carbocycles. The van der Waals surface area contributed by atoms with Crippen LogP contribution in [0.25, 0.3) is 5.95 Å². The highest BCUT2D eigenvalue weighted by atomic mass is 16.1. The summed E-state index contributed by atoms with van der Waals surface area (Å²) in [6.07, 6.45) is 2.19. The topological polar surface area (TPSA) is 72.7 Å². The van der Waals surface area contributed by atoms with Gasteiger partial charge in [0.05, 0.1) is 12.1 Å². The largest absolute Gasteiger partial charge is 0.356 e. The van der Waals surface area contributed by atoms with E-state index in [0.29, 0.717) is 18.9 Å². The third kappa shape index (κ3) is 4.82. The zero-order valence-electron chi connectivity index (χ0n) is 17.0. The number of carbonyl (C=O) groups is 1. The van der Waals surface area contributed by atoms with Crippen molar-refractivity contribution in [2.45, 2.75) is 47.0 Å². The first kappa shape index (κ1) is 19.7. The molecule has 0 atom stereocenters. The summed E-state index contributed by atoms with van der Waals surface area (Å²) in [7, 11) is 0. The van der Waals surface area contributed by atoms with Gasteiger partial charge in [-0.1, -0.05) is 30.3 Å². The Hall–Kier alpha value is -3.02. The summed E-state index contributed by atoms with van der Waals surface area (Å²) in [4.78, 5) is 21.4. The molecule has 1 amide bonds. The zero-order chi connectivity index (χ0) is 20.1. The van der Waals surface area contributed by atoms with E-state index < -0.39 is 0 Å². The zero-order valence-corrected chi connectivity index (χ0v) is 17.0. The normalized spacial score (nSPS) is 10.9. The van der Waals surface area contributed by atoms with Gasteiger partial charge in [-0.15, -0.1) is 0 Å². The molecule has 6 nitrogen and oxygen atoms in total. The van der Waals surface area contributed by atoms with Crippen molar-refractivity contribution in [2.75, 3.05) is 6.54 Å². The molecule has 1 aromatic carbocycles. The summed E-state index contributed by atoms with van der Waals surface area (Å²) in [6.45, 7) is 8.42. The standard InChI is InChI=1S/C22H27N5O/c1-15-13-16(2)25-22(24-15)27-18(4)20(17(3)26-27)14-21(28)23-12-8-11-19-9-6-5-7-10-19/h5-7,9-10,13H,8,11-12,14H2,1-4H3,(H,23,28). The van der Waals surface area contributed by atoms with E-state index in [1.54, 1.807) is 4.68 Å². The minimum Gasteiger partial charge on any atom is -0.356 e. The van der Waals surface area contributed by atoms with E-state index in [-0.39, 0.29) is 5.91 Å². The van der Waals surface area contributed by atoms with Gasteiger partial charge in [0.15, 0.2) is 0 Å². The lowest BCUT2D eigenvalue weighted by atomic mass is 10.1. The molecule has 2 heterocycles. The fraction of sp³-hybridized carbons (Fsp3) is 0.364. The summed E-state index contributed by atoms with van der Waals surface area (Å²) in [5, 5.41) is 7.58. The van der Waals surface area contributed by atoms with E-state index in [2.05, 4.69) is 32.5 Å². The summed E-state index contributed by atoms with van der Waals surface area (Å²) in [5.41, 5.74) is 5.75. The molecule has 0 radical (unpaired) electrons. The van der Waals surface area contributed by atoms with Crippen LogP contribution in [-0.4, -0.2) is 32.2 Å². The van der Waals surface area contributed by atoms with Crippen LogP contribution >= 0.6 is 0 Å². The Morgan fingerprint density at radius 3 is 2.39 bits per heavy atom. The van der Waals surface area contributed by atoms with Crippen LogP contribution in [0.2, 0.25) is 0 Å². The van der Waals surface area contributed by atoms with Crippen molar-refractivity contribution in [1.82, 2.24) is 25.1 Å². The van der Waals surface area contributed by atoms with E-state index in [1.807, 2.05) is 52.0 Å². The van der Waals surface area contributed by atoms with Gasteiger partial charge < -0.3 is 5.32 Å². The Labute approximate surface area is 166 Å². The van der Waals surface area contributed by atoms with E-state index in [1.165, 1.54) is 5.56 Å². The van der Waals surface area contributed by atoms with Crippen molar-refractivity contribution in [3.05, 3.63) is 70.3 Å². The molecular formula is C22H27N5O. The predicted octanol–water partition coefficient (Wildman–Crippen LogP) is 3.19. The Kier molecular flexibility index (Phi) is 6.19. The smallest absolute Gasteiger partial charge is 0.251 e. The number of rotatable bonds is 7. The lowest BCUT2D eigenvalue weighted by Gasteiger charge is -2.07. The minimum absolute atomic E-state index is 0.0140. The lowest BCUT2D eigenvalue weighted by Crippen LogP contribution is -2.26. The molecule has 3 rings (SSSR count). The monoisotopic (exact) mass is 377 g/mol. The van der Waals surface area contributed by atoms with Crippen LogP contribution < -0.4 is 5.32 Å². The molecule has 0 bridgehead atoms. The number of hydrogen-bond donors (Lipinski definition) is 1. The molecule has 3 aromatic rings. The quantitative estimate of drug-likeness (QED) is 0.642. The first-order valence-electron chi connectivity index (χ1n) is 9.62. The Bertz CT molecular complexity index is 942. The van der Waals surface area contributed by atoms with Gasteiger partial charge in [0, 0.05) is 29.2 Å². The van der Waals surface area contributed by atoms with Crippen LogP contribution in [-0.2, 0) is 17.6 Å². The molecule has 0 aliphatic heterocycles. The molecule has 0 saturated carbocycles. The van der Waals surface area contributed by atoms with Crippen molar-refractivity contribution in [2.24, 2.45) is 0 Å². The molecule has 6 heteroatoms. The van der Waals surface area contributed by atoms with Crippen LogP contribution in [0.15, 0.2) is 36.4 Å². The van der Waals surface area contributed by atoms with Crippen LogP contribution in [0.5, 0.6) is 0 Å². The number of aryl methyl sites for hydroxylation is 4. The number of amides is 1. The molecule has 1 N–H and O–H groups in total. The van der Waals surface area contributed by atoms with Gasteiger partial charge in [-0.3, -0.25) is 4.79 Å². The van der Waals surface area contributed by atoms with Gasteiger partial charge in [0.2, 0.25) is 5.91 Å². The Balaban J connectivity index is 1.61. The van der Waals surface area contributed by atoms with Gasteiger partial charge in [0.1, 0.15) is 0 Å². The number of nitrogens with zero attached hydrogens (tertiary/aromatic N) is 4. The number of aromatic nitrogens is 4. The molecule has 0 fully saturated rings. The number of carbonyl (C=O) groups excluding carboxylic acids is 1. The summed E-state index contributed by atoms with van der Waals surface area (Å²) in [6, 6.07) is 12.2. The van der Waals surface area contributed by atoms with Crippen molar-refractivity contribution in [1.29, 1.82) is 0 Å². The summed E-state index contributed by atoms with van der Waals surface area (Å²) in [5.74, 6) is 0.563. The fourth-order valence-electron chi connectivity index (χ4n) is 3.32. The third-order valence-corrected chi connectivity index (χ3v) is 4.75. The van der Waals surface area contributed by atoms with Crippen molar-refractivity contribution >= 4 is 5.91 Å². The van der Waals surface area contributed by atoms with Gasteiger partial charge in [-0.2, -0.15) is 5.10 Å². The maximum atomic E-state index is 12.4. The number of benzene rings is 1. The molecule has 0 spiro atoms. The predicted molar refractivity (Wildman–Crippen MR) is 110 cm³/mol. The second kappa shape index (κ2) is 8.78. The van der Waals surface area contributed by atoms with Crippen molar-refractivity contribution < 1.29 is 4.79 Å². The first-order valence-corrected chi connectivity index (χ1v) is 9.62. The fourth-order valence-corrected chi connectivity index (χ4v) is 3.32. The highest BCUT2D eigenvalue weighted by Gasteiger charge is 2.17. The van der Waals surface area contributed by atoms with E-state index in [0.717, 1.165) is 41.2 Å². The molecule has 0 saturated heterocycles. The maximum absolute atomic E-state index is 12.4. The Morgan fingerprint density at radius 1 is 1.04 bits per heavy atom. The van der Waals surface area contributed by atoms with Gasteiger partial charge in [-0.05, 0) is 52.2 Å². The Morgan fingerprint density at radius 2 is 1.71 bits per heavy atom. The van der Waals surface area contributed by atoms with Gasteiger partial charge in [-0.25, -0.2) is 14.6 Å². The summed E-state index contributed by atoms with van der Waals surface area (Å²) >= 11 is 0. The van der Waals surface area contributed by atoms with E-state index in [4.69, 9.17) is 0 Å². The van der Waals surface area contributed by atoms with Crippen molar-refractivity contribution in [3.63, 3.8) is 0 Å². The highest BCUT2D eigenvalue weighted by Crippen LogP contribution is 2.17. The minimum atomic E-state index is 0.0140. The van der Waals surface area contributed by atoms with Gasteiger partial charge in [0.25, 0.3) is 5.95 Å². The molecular weight excluding hydrogens is 350 g/mol. The second-order valence-electron chi connectivity index (χ2n) is 7.13. The van der Waals surface area contributed by atoms with E-state index in [9.17, 15) is 4.79 Å². The van der Waals surface area contributed by atoms with Crippen molar-refractivity contribution in [3.8, 4) is 5.95 Å². The van der Waals surface area contributed by atoms with Gasteiger partial charge >= 0.3 is 0 Å². The number of hydrogen-bond acceptors (Lipinski definition) is 4. The molecule has 2 aromatic heterocycles. The molecule has 28 heavy (non-hydrogen) atoms. The first-order chi connectivity index (χ1) is 13.4. The van der Waals surface area contributed by atoms with Crippen LogP contribution in [0, 0.1) is 27.7 Å². The highest BCUT2D eigenvalue weighted by molar-refractivity contribution is 5.79. The average Bonchev–Trinajstić information content (AvgIpc) is 2.93. The molecule has 0 aliphatic rings. The van der Waals surface area contributed by atoms with Crippen LogP contribution in [0.1, 0.15) is 40.3 Å². The SMILES string of the molecule is Cc1cc(C)nc(-n2nc(C)c(CC(=O)NCCCc3ccccc3)c2C)n1. The third-order valence-electron chi connectivity index (χ3n) is 4.75. The van der Waals surface area contributed by atoms with E-state index >= 15 is 0 Å². The van der Waals surface area contributed by atoms with Crippen LogP contribution in [0.4, 0.5) is 0 Å². The second-order valence-corrected chi connectivity index (χ2v) is 7.13. The maximum Gasteiger partial charge on any atom is 0.251 e. The molecule has 146 valence electrons. The average molecular weight is 377 g/mol. The lowest BCUT2D eigenvalue weighted by molar-refractivity contribution is -0.120.